The fourth-order valence-corrected chi connectivity index (χ4v) is 4.36. The Kier molecular flexibility index (Phi) is 3.94. The Labute approximate surface area is 108 Å². The smallest absolute Gasteiger partial charge is 0.151 e. The van der Waals surface area contributed by atoms with Gasteiger partial charge in [-0.25, -0.2) is 8.42 Å². The molecule has 0 saturated carbocycles. The molecule has 0 aliphatic carbocycles. The minimum atomic E-state index is -2.79. The van der Waals surface area contributed by atoms with Crippen LogP contribution in [-0.2, 0) is 9.84 Å². The number of nitrogens with one attached hydrogen (secondary N) is 1. The van der Waals surface area contributed by atoms with Crippen molar-refractivity contribution in [3.8, 4) is 0 Å². The molecule has 1 heterocycles. The van der Waals surface area contributed by atoms with Crippen LogP contribution in [0.3, 0.4) is 0 Å². The third-order valence-electron chi connectivity index (χ3n) is 2.39. The van der Waals surface area contributed by atoms with Gasteiger partial charge in [-0.2, -0.15) is 0 Å². The molecule has 0 bridgehead atoms. The summed E-state index contributed by atoms with van der Waals surface area (Å²) in [6, 6.07) is 8.00. The van der Waals surface area contributed by atoms with Crippen molar-refractivity contribution in [3.05, 3.63) is 28.7 Å². The fraction of sp³-hybridized carbons (Fsp3) is 0.400. The van der Waals surface area contributed by atoms with Gasteiger partial charge in [-0.3, -0.25) is 4.72 Å². The van der Waals surface area contributed by atoms with Crippen molar-refractivity contribution in [1.29, 1.82) is 0 Å². The zero-order chi connectivity index (χ0) is 11.6. The molecule has 3 nitrogen and oxygen atoms in total. The standard InChI is InChI=1S/C10H12BrNO2S2/c11-8-1-3-10(4-2-8)15-12-9-5-6-16(13,14)7-9/h1-4,9,12H,5-7H2. The molecule has 0 aromatic heterocycles. The molecule has 2 rings (SSSR count). The first-order valence-electron chi connectivity index (χ1n) is 4.93. The van der Waals surface area contributed by atoms with Crippen LogP contribution >= 0.6 is 27.9 Å². The normalized spacial score (nSPS) is 23.4. The van der Waals surface area contributed by atoms with Gasteiger partial charge < -0.3 is 0 Å². The molecule has 1 aliphatic rings. The van der Waals surface area contributed by atoms with E-state index in [2.05, 4.69) is 20.7 Å². The highest BCUT2D eigenvalue weighted by atomic mass is 79.9. The van der Waals surface area contributed by atoms with Crippen molar-refractivity contribution in [2.75, 3.05) is 11.5 Å². The predicted octanol–water partition coefficient (Wildman–Crippen LogP) is 2.23. The lowest BCUT2D eigenvalue weighted by Crippen LogP contribution is -2.23. The first-order valence-corrected chi connectivity index (χ1v) is 8.37. The third kappa shape index (κ3) is 3.48. The molecule has 1 N–H and O–H groups in total. The van der Waals surface area contributed by atoms with E-state index in [0.717, 1.165) is 9.37 Å². The van der Waals surface area contributed by atoms with Crippen LogP contribution in [0.5, 0.6) is 0 Å². The van der Waals surface area contributed by atoms with Gasteiger partial charge in [0, 0.05) is 15.4 Å². The molecule has 1 aliphatic heterocycles. The SMILES string of the molecule is O=S1(=O)CCC(NSc2ccc(Br)cc2)C1. The van der Waals surface area contributed by atoms with Crippen LogP contribution in [0.25, 0.3) is 0 Å². The lowest BCUT2D eigenvalue weighted by molar-refractivity contribution is 0.601. The summed E-state index contributed by atoms with van der Waals surface area (Å²) in [7, 11) is -2.79. The number of rotatable bonds is 3. The van der Waals surface area contributed by atoms with E-state index in [0.29, 0.717) is 12.2 Å². The Morgan fingerprint density at radius 1 is 1.31 bits per heavy atom. The van der Waals surface area contributed by atoms with E-state index >= 15 is 0 Å². The molecule has 1 unspecified atom stereocenters. The van der Waals surface area contributed by atoms with E-state index < -0.39 is 9.84 Å². The molecule has 1 aromatic carbocycles. The van der Waals surface area contributed by atoms with Gasteiger partial charge in [-0.05, 0) is 42.6 Å². The number of hydrogen-bond donors (Lipinski definition) is 1. The van der Waals surface area contributed by atoms with E-state index in [4.69, 9.17) is 0 Å². The van der Waals surface area contributed by atoms with Crippen molar-refractivity contribution in [2.45, 2.75) is 17.4 Å². The second-order valence-corrected chi connectivity index (χ2v) is 7.83. The fourth-order valence-electron chi connectivity index (χ4n) is 1.54. The van der Waals surface area contributed by atoms with Gasteiger partial charge in [-0.15, -0.1) is 0 Å². The molecule has 6 heteroatoms. The van der Waals surface area contributed by atoms with E-state index in [1.807, 2.05) is 24.3 Å². The molecular weight excluding hydrogens is 310 g/mol. The van der Waals surface area contributed by atoms with E-state index in [1.54, 1.807) is 0 Å². The van der Waals surface area contributed by atoms with Crippen LogP contribution in [0, 0.1) is 0 Å². The van der Waals surface area contributed by atoms with Crippen molar-refractivity contribution in [2.24, 2.45) is 0 Å². The van der Waals surface area contributed by atoms with Crippen LogP contribution in [-0.4, -0.2) is 26.0 Å². The number of halogens is 1. The first-order chi connectivity index (χ1) is 7.55. The van der Waals surface area contributed by atoms with E-state index in [1.165, 1.54) is 11.9 Å². The van der Waals surface area contributed by atoms with Gasteiger partial charge >= 0.3 is 0 Å². The molecule has 88 valence electrons. The Morgan fingerprint density at radius 2 is 2.00 bits per heavy atom. The quantitative estimate of drug-likeness (QED) is 0.867. The number of hydrogen-bond acceptors (Lipinski definition) is 4. The lowest BCUT2D eigenvalue weighted by Gasteiger charge is -2.09. The molecule has 1 aromatic rings. The molecule has 1 atom stereocenters. The zero-order valence-corrected chi connectivity index (χ0v) is 11.7. The largest absolute Gasteiger partial charge is 0.256 e. The van der Waals surface area contributed by atoms with Crippen molar-refractivity contribution >= 4 is 37.7 Å². The van der Waals surface area contributed by atoms with Gasteiger partial charge in [0.25, 0.3) is 0 Å². The summed E-state index contributed by atoms with van der Waals surface area (Å²) in [5.74, 6) is 0.572. The van der Waals surface area contributed by atoms with Crippen LogP contribution in [0.4, 0.5) is 0 Å². The van der Waals surface area contributed by atoms with Gasteiger partial charge in [0.2, 0.25) is 0 Å². The van der Waals surface area contributed by atoms with Crippen LogP contribution in [0.15, 0.2) is 33.6 Å². The Bertz CT molecular complexity index is 458. The van der Waals surface area contributed by atoms with Gasteiger partial charge in [-0.1, -0.05) is 15.9 Å². The van der Waals surface area contributed by atoms with Gasteiger partial charge in [0.05, 0.1) is 11.5 Å². The van der Waals surface area contributed by atoms with Crippen LogP contribution < -0.4 is 4.72 Å². The number of benzene rings is 1. The third-order valence-corrected chi connectivity index (χ3v) is 5.65. The second-order valence-electron chi connectivity index (χ2n) is 3.77. The van der Waals surface area contributed by atoms with Crippen LogP contribution in [0.2, 0.25) is 0 Å². The van der Waals surface area contributed by atoms with Crippen molar-refractivity contribution in [3.63, 3.8) is 0 Å². The molecule has 16 heavy (non-hydrogen) atoms. The molecule has 0 amide bonds. The molecule has 1 fully saturated rings. The maximum absolute atomic E-state index is 11.2. The summed E-state index contributed by atoms with van der Waals surface area (Å²) in [5.41, 5.74) is 0. The summed E-state index contributed by atoms with van der Waals surface area (Å²) in [4.78, 5) is 1.09. The average Bonchev–Trinajstić information content (AvgIpc) is 2.58. The molecular formula is C10H12BrNO2S2. The Hall–Kier alpha value is -0.0400. The molecule has 0 radical (unpaired) electrons. The van der Waals surface area contributed by atoms with Gasteiger partial charge in [0.1, 0.15) is 0 Å². The Balaban J connectivity index is 1.87. The van der Waals surface area contributed by atoms with Crippen LogP contribution in [0.1, 0.15) is 6.42 Å². The predicted molar refractivity (Wildman–Crippen MR) is 70.2 cm³/mol. The topological polar surface area (TPSA) is 46.2 Å². The van der Waals surface area contributed by atoms with E-state index in [-0.39, 0.29) is 11.8 Å². The highest BCUT2D eigenvalue weighted by Gasteiger charge is 2.27. The lowest BCUT2D eigenvalue weighted by atomic mass is 10.3. The molecule has 1 saturated heterocycles. The first kappa shape index (κ1) is 12.4. The monoisotopic (exact) mass is 321 g/mol. The van der Waals surface area contributed by atoms with Crippen molar-refractivity contribution < 1.29 is 8.42 Å². The summed E-state index contributed by atoms with van der Waals surface area (Å²) >= 11 is 4.86. The average molecular weight is 322 g/mol. The summed E-state index contributed by atoms with van der Waals surface area (Å²) in [6.45, 7) is 0. The zero-order valence-electron chi connectivity index (χ0n) is 8.52. The Morgan fingerprint density at radius 3 is 2.56 bits per heavy atom. The number of sulfone groups is 1. The highest BCUT2D eigenvalue weighted by molar-refractivity contribution is 9.10. The maximum Gasteiger partial charge on any atom is 0.151 e. The van der Waals surface area contributed by atoms with Crippen molar-refractivity contribution in [1.82, 2.24) is 4.72 Å². The molecule has 0 spiro atoms. The van der Waals surface area contributed by atoms with Gasteiger partial charge in [0.15, 0.2) is 9.84 Å². The summed E-state index contributed by atoms with van der Waals surface area (Å²) < 4.78 is 26.7. The summed E-state index contributed by atoms with van der Waals surface area (Å²) in [5, 5.41) is 0. The highest BCUT2D eigenvalue weighted by Crippen LogP contribution is 2.21. The minimum Gasteiger partial charge on any atom is -0.256 e. The summed E-state index contributed by atoms with van der Waals surface area (Å²) in [6.07, 6.45) is 0.714. The maximum atomic E-state index is 11.2. The van der Waals surface area contributed by atoms with E-state index in [9.17, 15) is 8.42 Å². The second kappa shape index (κ2) is 5.08. The minimum absolute atomic E-state index is 0.0821.